The molecule has 1 aromatic rings. The average Bonchev–Trinajstić information content (AvgIpc) is 2.65. The second kappa shape index (κ2) is 9.18. The molecule has 0 bridgehead atoms. The van der Waals surface area contributed by atoms with E-state index in [0.29, 0.717) is 10.9 Å². The van der Waals surface area contributed by atoms with E-state index in [0.717, 1.165) is 17.9 Å². The Morgan fingerprint density at radius 2 is 1.69 bits per heavy atom. The second-order valence-electron chi connectivity index (χ2n) is 7.83. The van der Waals surface area contributed by atoms with Crippen LogP contribution in [0, 0.1) is 13.8 Å². The van der Waals surface area contributed by atoms with Crippen LogP contribution in [0.5, 0.6) is 0 Å². The summed E-state index contributed by atoms with van der Waals surface area (Å²) in [7, 11) is 0. The minimum atomic E-state index is 0.0970. The molecule has 0 aromatic carbocycles. The van der Waals surface area contributed by atoms with Crippen molar-refractivity contribution in [2.75, 3.05) is 25.4 Å². The molecule has 0 spiro atoms. The lowest BCUT2D eigenvalue weighted by molar-refractivity contribution is -0.119. The molecule has 1 saturated heterocycles. The third-order valence-electron chi connectivity index (χ3n) is 5.72. The van der Waals surface area contributed by atoms with Gasteiger partial charge in [0.1, 0.15) is 0 Å². The number of carbonyl (C=O) groups excluding carboxylic acids is 1. The van der Waals surface area contributed by atoms with Gasteiger partial charge in [-0.2, -0.15) is 0 Å². The largest absolute Gasteiger partial charge is 0.354 e. The van der Waals surface area contributed by atoms with Crippen molar-refractivity contribution in [3.8, 4) is 0 Å². The van der Waals surface area contributed by atoms with E-state index in [1.54, 1.807) is 0 Å². The number of likely N-dealkylation sites (tertiary alicyclic amines) is 1. The lowest BCUT2D eigenvalue weighted by Gasteiger charge is -2.48. The lowest BCUT2D eigenvalue weighted by Crippen LogP contribution is -2.58. The lowest BCUT2D eigenvalue weighted by atomic mass is 9.79. The zero-order valence-corrected chi connectivity index (χ0v) is 17.0. The van der Waals surface area contributed by atoms with Crippen LogP contribution >= 0.6 is 11.8 Å². The molecule has 5 nitrogen and oxygen atoms in total. The van der Waals surface area contributed by atoms with Gasteiger partial charge in [0.15, 0.2) is 5.16 Å². The van der Waals surface area contributed by atoms with Gasteiger partial charge in [0.2, 0.25) is 5.91 Å². The Morgan fingerprint density at radius 1 is 1.08 bits per heavy atom. The van der Waals surface area contributed by atoms with Crippen LogP contribution in [-0.4, -0.2) is 51.7 Å². The molecule has 1 aliphatic carbocycles. The number of thioether (sulfide) groups is 1. The van der Waals surface area contributed by atoms with Crippen molar-refractivity contribution >= 4 is 17.7 Å². The third-order valence-corrected chi connectivity index (χ3v) is 6.57. The SMILES string of the molecule is Cc1cc(C)nc(SCC(=O)NCC2(N3CCCCC3)CCCCC2)n1. The van der Waals surface area contributed by atoms with E-state index < -0.39 is 0 Å². The Balaban J connectivity index is 1.53. The summed E-state index contributed by atoms with van der Waals surface area (Å²) in [6.07, 6.45) is 10.3. The summed E-state index contributed by atoms with van der Waals surface area (Å²) >= 11 is 1.43. The standard InChI is InChI=1S/C20H32N4OS/c1-16-13-17(2)23-19(22-16)26-14-18(25)21-15-20(9-5-3-6-10-20)24-11-7-4-8-12-24/h13H,3-12,14-15H2,1-2H3,(H,21,25). The first-order valence-electron chi connectivity index (χ1n) is 10.0. The van der Waals surface area contributed by atoms with Crippen molar-refractivity contribution in [2.24, 2.45) is 0 Å². The molecule has 1 N–H and O–H groups in total. The molecule has 0 radical (unpaired) electrons. The number of rotatable bonds is 6. The van der Waals surface area contributed by atoms with Gasteiger partial charge in [-0.1, -0.05) is 37.4 Å². The van der Waals surface area contributed by atoms with Crippen molar-refractivity contribution < 1.29 is 4.79 Å². The number of carbonyl (C=O) groups is 1. The molecule has 2 aliphatic rings. The predicted molar refractivity (Wildman–Crippen MR) is 106 cm³/mol. The second-order valence-corrected chi connectivity index (χ2v) is 8.77. The summed E-state index contributed by atoms with van der Waals surface area (Å²) in [6, 6.07) is 1.95. The summed E-state index contributed by atoms with van der Waals surface area (Å²) in [6.45, 7) is 7.11. The highest BCUT2D eigenvalue weighted by atomic mass is 32.2. The van der Waals surface area contributed by atoms with Crippen molar-refractivity contribution in [2.45, 2.75) is 75.9 Å². The predicted octanol–water partition coefficient (Wildman–Crippen LogP) is 3.49. The van der Waals surface area contributed by atoms with Crippen LogP contribution in [-0.2, 0) is 4.79 Å². The van der Waals surface area contributed by atoms with Crippen molar-refractivity contribution in [1.82, 2.24) is 20.2 Å². The molecule has 2 heterocycles. The molecule has 1 aromatic heterocycles. The van der Waals surface area contributed by atoms with Gasteiger partial charge < -0.3 is 5.32 Å². The number of hydrogen-bond donors (Lipinski definition) is 1. The van der Waals surface area contributed by atoms with Crippen LogP contribution in [0.25, 0.3) is 0 Å². The van der Waals surface area contributed by atoms with Crippen LogP contribution < -0.4 is 5.32 Å². The zero-order valence-electron chi connectivity index (χ0n) is 16.2. The Kier molecular flexibility index (Phi) is 6.92. The average molecular weight is 377 g/mol. The Morgan fingerprint density at radius 3 is 2.35 bits per heavy atom. The minimum Gasteiger partial charge on any atom is -0.354 e. The number of piperidine rings is 1. The monoisotopic (exact) mass is 376 g/mol. The summed E-state index contributed by atoms with van der Waals surface area (Å²) in [5, 5.41) is 3.93. The van der Waals surface area contributed by atoms with Gasteiger partial charge in [-0.3, -0.25) is 9.69 Å². The maximum absolute atomic E-state index is 12.4. The smallest absolute Gasteiger partial charge is 0.230 e. The maximum atomic E-state index is 12.4. The van der Waals surface area contributed by atoms with E-state index in [4.69, 9.17) is 0 Å². The van der Waals surface area contributed by atoms with E-state index in [1.807, 2.05) is 19.9 Å². The van der Waals surface area contributed by atoms with E-state index in [9.17, 15) is 4.79 Å². The fourth-order valence-corrected chi connectivity index (χ4v) is 5.16. The molecule has 3 rings (SSSR count). The van der Waals surface area contributed by atoms with Crippen LogP contribution in [0.2, 0.25) is 0 Å². The molecular formula is C20H32N4OS. The molecular weight excluding hydrogens is 344 g/mol. The first-order valence-corrected chi connectivity index (χ1v) is 11.0. The highest BCUT2D eigenvalue weighted by molar-refractivity contribution is 7.99. The number of nitrogens with zero attached hydrogens (tertiary/aromatic N) is 3. The molecule has 1 saturated carbocycles. The van der Waals surface area contributed by atoms with Crippen LogP contribution in [0.15, 0.2) is 11.2 Å². The number of aromatic nitrogens is 2. The number of amides is 1. The topological polar surface area (TPSA) is 58.1 Å². The molecule has 144 valence electrons. The fraction of sp³-hybridized carbons (Fsp3) is 0.750. The summed E-state index contributed by atoms with van der Waals surface area (Å²) in [5.41, 5.74) is 2.09. The molecule has 1 amide bonds. The highest BCUT2D eigenvalue weighted by Gasteiger charge is 2.38. The summed E-state index contributed by atoms with van der Waals surface area (Å²) in [4.78, 5) is 23.9. The maximum Gasteiger partial charge on any atom is 0.230 e. The molecule has 26 heavy (non-hydrogen) atoms. The first kappa shape index (κ1) is 19.6. The highest BCUT2D eigenvalue weighted by Crippen LogP contribution is 2.35. The van der Waals surface area contributed by atoms with Gasteiger partial charge in [-0.25, -0.2) is 9.97 Å². The van der Waals surface area contributed by atoms with E-state index in [2.05, 4.69) is 20.2 Å². The minimum absolute atomic E-state index is 0.0970. The quantitative estimate of drug-likeness (QED) is 0.608. The molecule has 0 unspecified atom stereocenters. The van der Waals surface area contributed by atoms with Crippen LogP contribution in [0.3, 0.4) is 0 Å². The van der Waals surface area contributed by atoms with Gasteiger partial charge in [0.05, 0.1) is 5.75 Å². The van der Waals surface area contributed by atoms with Crippen molar-refractivity contribution in [3.05, 3.63) is 17.5 Å². The molecule has 2 fully saturated rings. The van der Waals surface area contributed by atoms with E-state index in [1.165, 1.54) is 76.2 Å². The van der Waals surface area contributed by atoms with Gasteiger partial charge in [-0.05, 0) is 58.7 Å². The number of aryl methyl sites for hydroxylation is 2. The van der Waals surface area contributed by atoms with Crippen molar-refractivity contribution in [3.63, 3.8) is 0 Å². The molecule has 1 aliphatic heterocycles. The number of nitrogens with one attached hydrogen (secondary N) is 1. The first-order chi connectivity index (χ1) is 12.6. The van der Waals surface area contributed by atoms with E-state index >= 15 is 0 Å². The Labute approximate surface area is 161 Å². The third kappa shape index (κ3) is 5.19. The van der Waals surface area contributed by atoms with Crippen LogP contribution in [0.4, 0.5) is 0 Å². The number of hydrogen-bond acceptors (Lipinski definition) is 5. The molecule has 6 heteroatoms. The van der Waals surface area contributed by atoms with Gasteiger partial charge in [0, 0.05) is 23.5 Å². The fourth-order valence-electron chi connectivity index (χ4n) is 4.39. The summed E-state index contributed by atoms with van der Waals surface area (Å²) in [5.74, 6) is 0.485. The summed E-state index contributed by atoms with van der Waals surface area (Å²) < 4.78 is 0. The Hall–Kier alpha value is -1.14. The Bertz CT molecular complexity index is 590. The van der Waals surface area contributed by atoms with Gasteiger partial charge >= 0.3 is 0 Å². The van der Waals surface area contributed by atoms with Crippen molar-refractivity contribution in [1.29, 1.82) is 0 Å². The van der Waals surface area contributed by atoms with E-state index in [-0.39, 0.29) is 11.4 Å². The van der Waals surface area contributed by atoms with Crippen LogP contribution in [0.1, 0.15) is 62.8 Å². The normalized spacial score (nSPS) is 20.7. The van der Waals surface area contributed by atoms with Gasteiger partial charge in [-0.15, -0.1) is 0 Å². The zero-order chi connectivity index (χ0) is 18.4. The van der Waals surface area contributed by atoms with Gasteiger partial charge in [0.25, 0.3) is 0 Å². The molecule has 0 atom stereocenters.